The van der Waals surface area contributed by atoms with Crippen LogP contribution in [0.5, 0.6) is 0 Å². The number of nitrogens with zero attached hydrogens (tertiary/aromatic N) is 1. The number of aromatic carboxylic acids is 1. The van der Waals surface area contributed by atoms with E-state index in [9.17, 15) is 36.6 Å². The molecule has 4 N–H and O–H groups in total. The van der Waals surface area contributed by atoms with Gasteiger partial charge < -0.3 is 20.1 Å². The van der Waals surface area contributed by atoms with Crippen LogP contribution in [0.15, 0.2) is 77.7 Å². The topological polar surface area (TPSA) is 121 Å². The van der Waals surface area contributed by atoms with Crippen LogP contribution in [0.1, 0.15) is 45.8 Å². The van der Waals surface area contributed by atoms with Crippen molar-refractivity contribution < 1.29 is 36.6 Å². The molecule has 4 rings (SSSR count). The first-order valence-corrected chi connectivity index (χ1v) is 14.2. The fourth-order valence-corrected chi connectivity index (χ4v) is 5.38. The summed E-state index contributed by atoms with van der Waals surface area (Å²) >= 11 is 0. The number of nitrogens with one attached hydrogen (secondary N) is 2. The molecule has 0 bridgehead atoms. The maximum atomic E-state index is 13.0. The predicted octanol–water partition coefficient (Wildman–Crippen LogP) is 4.57. The summed E-state index contributed by atoms with van der Waals surface area (Å²) in [6.45, 7) is 2.16. The molecule has 0 spiro atoms. The van der Waals surface area contributed by atoms with Crippen LogP contribution < -0.4 is 10.0 Å². The van der Waals surface area contributed by atoms with E-state index in [0.717, 1.165) is 23.3 Å². The molecular weight excluding hydrogens is 559 g/mol. The first-order valence-electron chi connectivity index (χ1n) is 12.7. The van der Waals surface area contributed by atoms with Crippen molar-refractivity contribution >= 4 is 26.9 Å². The highest BCUT2D eigenvalue weighted by molar-refractivity contribution is 7.89. The summed E-state index contributed by atoms with van der Waals surface area (Å²) in [5.74, 6) is -1.10. The standard InChI is InChI=1S/C29H30F3N3O5S/c1-18(34-16-27(36)21-4-3-5-23(14-21)29(30,31)32)12-20-8-11-25-22(13-20)15-26(28(37)38)35(25)17-19-6-9-24(10-7-19)41(39,40)33-2/h3-11,13-15,18,27,33-34,36H,12,16-17H2,1-2H3,(H,37,38). The molecule has 0 saturated carbocycles. The molecule has 0 saturated heterocycles. The summed E-state index contributed by atoms with van der Waals surface area (Å²) in [5, 5.41) is 24.1. The number of fused-ring (bicyclic) bond motifs is 1. The fourth-order valence-electron chi connectivity index (χ4n) is 4.65. The quantitative estimate of drug-likeness (QED) is 0.204. The van der Waals surface area contributed by atoms with Gasteiger partial charge in [0.2, 0.25) is 10.0 Å². The molecule has 4 aromatic rings. The molecule has 41 heavy (non-hydrogen) atoms. The summed E-state index contributed by atoms with van der Waals surface area (Å²) in [4.78, 5) is 12.1. The lowest BCUT2D eigenvalue weighted by Crippen LogP contribution is -2.32. The summed E-state index contributed by atoms with van der Waals surface area (Å²) in [6, 6.07) is 17.8. The molecule has 3 aromatic carbocycles. The second-order valence-electron chi connectivity index (χ2n) is 9.82. The minimum atomic E-state index is -4.49. The normalized spacial score (nSPS) is 13.8. The lowest BCUT2D eigenvalue weighted by Gasteiger charge is -2.18. The van der Waals surface area contributed by atoms with Gasteiger partial charge in [0, 0.05) is 30.0 Å². The Balaban J connectivity index is 1.46. The Hall–Kier alpha value is -3.71. The van der Waals surface area contributed by atoms with Gasteiger partial charge in [-0.1, -0.05) is 30.3 Å². The van der Waals surface area contributed by atoms with E-state index in [-0.39, 0.29) is 35.3 Å². The number of carbonyl (C=O) groups is 1. The van der Waals surface area contributed by atoms with Crippen molar-refractivity contribution in [1.29, 1.82) is 0 Å². The van der Waals surface area contributed by atoms with Gasteiger partial charge in [-0.2, -0.15) is 13.2 Å². The lowest BCUT2D eigenvalue weighted by atomic mass is 10.0. The monoisotopic (exact) mass is 589 g/mol. The maximum absolute atomic E-state index is 13.0. The third-order valence-electron chi connectivity index (χ3n) is 6.83. The van der Waals surface area contributed by atoms with E-state index in [2.05, 4.69) is 10.0 Å². The maximum Gasteiger partial charge on any atom is 0.416 e. The van der Waals surface area contributed by atoms with Crippen molar-refractivity contribution in [3.05, 3.63) is 101 Å². The van der Waals surface area contributed by atoms with Gasteiger partial charge in [-0.25, -0.2) is 17.9 Å². The SMILES string of the molecule is CNS(=O)(=O)c1ccc(Cn2c(C(=O)O)cc3cc(CC(C)NCC(O)c4cccc(C(F)(F)F)c4)ccc32)cc1. The fraction of sp³-hybridized carbons (Fsp3) is 0.276. The first-order chi connectivity index (χ1) is 19.3. The molecule has 8 nitrogen and oxygen atoms in total. The number of benzene rings is 3. The second-order valence-corrected chi connectivity index (χ2v) is 11.7. The molecule has 1 heterocycles. The number of aliphatic hydroxyl groups excluding tert-OH is 1. The van der Waals surface area contributed by atoms with Crippen LogP contribution in [-0.4, -0.2) is 48.8 Å². The van der Waals surface area contributed by atoms with Crippen LogP contribution in [-0.2, 0) is 29.2 Å². The molecule has 12 heteroatoms. The molecule has 0 aliphatic heterocycles. The highest BCUT2D eigenvalue weighted by Gasteiger charge is 2.31. The molecular formula is C29H30F3N3O5S. The van der Waals surface area contributed by atoms with Gasteiger partial charge in [0.25, 0.3) is 0 Å². The summed E-state index contributed by atoms with van der Waals surface area (Å²) in [5.41, 5.74) is 1.75. The first kappa shape index (κ1) is 30.3. The van der Waals surface area contributed by atoms with Crippen molar-refractivity contribution in [2.45, 2.75) is 43.1 Å². The lowest BCUT2D eigenvalue weighted by molar-refractivity contribution is -0.137. The van der Waals surface area contributed by atoms with E-state index >= 15 is 0 Å². The van der Waals surface area contributed by atoms with Gasteiger partial charge in [0.1, 0.15) is 5.69 Å². The van der Waals surface area contributed by atoms with Gasteiger partial charge in [-0.3, -0.25) is 0 Å². The van der Waals surface area contributed by atoms with E-state index in [0.29, 0.717) is 17.3 Å². The third kappa shape index (κ3) is 7.14. The van der Waals surface area contributed by atoms with E-state index in [1.807, 2.05) is 25.1 Å². The number of aromatic nitrogens is 1. The van der Waals surface area contributed by atoms with E-state index in [4.69, 9.17) is 0 Å². The third-order valence-corrected chi connectivity index (χ3v) is 8.26. The molecule has 0 fully saturated rings. The number of carboxylic acids is 1. The minimum absolute atomic E-state index is 0.0542. The number of carboxylic acid groups (broad SMARTS) is 1. The summed E-state index contributed by atoms with van der Waals surface area (Å²) < 4.78 is 66.9. The number of rotatable bonds is 11. The Morgan fingerprint density at radius 3 is 2.32 bits per heavy atom. The van der Waals surface area contributed by atoms with Crippen molar-refractivity contribution in [2.24, 2.45) is 0 Å². The Kier molecular flexibility index (Phi) is 8.88. The van der Waals surface area contributed by atoms with E-state index < -0.39 is 33.8 Å². The highest BCUT2D eigenvalue weighted by atomic mass is 32.2. The van der Waals surface area contributed by atoms with Gasteiger partial charge in [0.15, 0.2) is 0 Å². The molecule has 0 aliphatic carbocycles. The van der Waals surface area contributed by atoms with Gasteiger partial charge >= 0.3 is 12.1 Å². The molecule has 0 aliphatic rings. The van der Waals surface area contributed by atoms with Crippen LogP contribution in [0.3, 0.4) is 0 Å². The van der Waals surface area contributed by atoms with Gasteiger partial charge in [-0.05, 0) is 79.5 Å². The summed E-state index contributed by atoms with van der Waals surface area (Å²) in [6.07, 6.45) is -5.09. The number of hydrogen-bond donors (Lipinski definition) is 4. The Bertz CT molecular complexity index is 1650. The number of alkyl halides is 3. The largest absolute Gasteiger partial charge is 0.477 e. The number of aliphatic hydroxyl groups is 1. The Morgan fingerprint density at radius 1 is 1.00 bits per heavy atom. The van der Waals surface area contributed by atoms with Crippen molar-refractivity contribution in [2.75, 3.05) is 13.6 Å². The minimum Gasteiger partial charge on any atom is -0.477 e. The molecule has 0 amide bonds. The van der Waals surface area contributed by atoms with Crippen LogP contribution in [0.4, 0.5) is 13.2 Å². The number of hydrogen-bond acceptors (Lipinski definition) is 5. The zero-order chi connectivity index (χ0) is 29.9. The van der Waals surface area contributed by atoms with Crippen LogP contribution >= 0.6 is 0 Å². The molecule has 2 unspecified atom stereocenters. The average Bonchev–Trinajstić information content (AvgIpc) is 3.29. The molecule has 1 aromatic heterocycles. The number of sulfonamides is 1. The van der Waals surface area contributed by atoms with Crippen molar-refractivity contribution in [3.63, 3.8) is 0 Å². The highest BCUT2D eigenvalue weighted by Crippen LogP contribution is 2.31. The Labute approximate surface area is 235 Å². The summed E-state index contributed by atoms with van der Waals surface area (Å²) in [7, 11) is -2.27. The molecule has 0 radical (unpaired) electrons. The van der Waals surface area contributed by atoms with Crippen LogP contribution in [0.25, 0.3) is 10.9 Å². The predicted molar refractivity (Wildman–Crippen MR) is 148 cm³/mol. The van der Waals surface area contributed by atoms with E-state index in [1.165, 1.54) is 31.3 Å². The zero-order valence-electron chi connectivity index (χ0n) is 22.3. The van der Waals surface area contributed by atoms with Gasteiger partial charge in [-0.15, -0.1) is 0 Å². The molecule has 2 atom stereocenters. The van der Waals surface area contributed by atoms with Crippen LogP contribution in [0.2, 0.25) is 0 Å². The molecule has 218 valence electrons. The average molecular weight is 590 g/mol. The van der Waals surface area contributed by atoms with Crippen molar-refractivity contribution in [1.82, 2.24) is 14.6 Å². The van der Waals surface area contributed by atoms with E-state index in [1.54, 1.807) is 22.8 Å². The zero-order valence-corrected chi connectivity index (χ0v) is 23.1. The smallest absolute Gasteiger partial charge is 0.416 e. The number of halogens is 3. The van der Waals surface area contributed by atoms with Crippen molar-refractivity contribution in [3.8, 4) is 0 Å². The second kappa shape index (κ2) is 12.0. The Morgan fingerprint density at radius 2 is 1.68 bits per heavy atom. The van der Waals surface area contributed by atoms with Gasteiger partial charge in [0.05, 0.1) is 16.6 Å². The van der Waals surface area contributed by atoms with Crippen LogP contribution in [0, 0.1) is 0 Å².